The zero-order chi connectivity index (χ0) is 9.76. The van der Waals surface area contributed by atoms with Gasteiger partial charge in [0.2, 0.25) is 0 Å². The lowest BCUT2D eigenvalue weighted by Gasteiger charge is -2.31. The average Bonchev–Trinajstić information content (AvgIpc) is 2.97. The molecule has 0 bridgehead atoms. The molecule has 14 heavy (non-hydrogen) atoms. The topological polar surface area (TPSA) is 29.1 Å². The number of fused-ring (bicyclic) bond motifs is 1. The summed E-state index contributed by atoms with van der Waals surface area (Å²) in [4.78, 5) is 12.2. The minimum absolute atomic E-state index is 0.0612. The van der Waals surface area contributed by atoms with Crippen LogP contribution in [0.2, 0.25) is 0 Å². The maximum atomic E-state index is 12.2. The van der Waals surface area contributed by atoms with Crippen LogP contribution in [0.25, 0.3) is 0 Å². The van der Waals surface area contributed by atoms with Crippen LogP contribution in [0.4, 0.5) is 5.69 Å². The summed E-state index contributed by atoms with van der Waals surface area (Å²) in [6.45, 7) is 2.11. The van der Waals surface area contributed by atoms with Crippen LogP contribution in [0.3, 0.4) is 0 Å². The van der Waals surface area contributed by atoms with Crippen molar-refractivity contribution in [2.75, 3.05) is 5.32 Å². The molecule has 1 heterocycles. The summed E-state index contributed by atoms with van der Waals surface area (Å²) >= 11 is 0. The third-order valence-electron chi connectivity index (χ3n) is 3.61. The third-order valence-corrected chi connectivity index (χ3v) is 3.61. The number of para-hydroxylation sites is 1. The number of anilines is 1. The summed E-state index contributed by atoms with van der Waals surface area (Å²) in [5, 5.41) is 3.42. The first-order valence-electron chi connectivity index (χ1n) is 5.14. The Morgan fingerprint density at radius 3 is 2.79 bits per heavy atom. The Morgan fingerprint density at radius 1 is 1.36 bits per heavy atom. The van der Waals surface area contributed by atoms with Gasteiger partial charge in [-0.2, -0.15) is 0 Å². The van der Waals surface area contributed by atoms with Gasteiger partial charge >= 0.3 is 0 Å². The zero-order valence-electron chi connectivity index (χ0n) is 8.21. The second-order valence-corrected chi connectivity index (χ2v) is 4.40. The van der Waals surface area contributed by atoms with Crippen molar-refractivity contribution < 1.29 is 4.79 Å². The van der Waals surface area contributed by atoms with E-state index in [2.05, 4.69) is 12.2 Å². The summed E-state index contributed by atoms with van der Waals surface area (Å²) in [6.07, 6.45) is 2.10. The van der Waals surface area contributed by atoms with E-state index in [1.807, 2.05) is 24.3 Å². The van der Waals surface area contributed by atoms with E-state index in [4.69, 9.17) is 0 Å². The molecule has 1 fully saturated rings. The highest BCUT2D eigenvalue weighted by Crippen LogP contribution is 2.54. The van der Waals surface area contributed by atoms with E-state index < -0.39 is 0 Å². The van der Waals surface area contributed by atoms with E-state index in [0.717, 1.165) is 24.1 Å². The molecular formula is C12H13NO. The average molecular weight is 187 g/mol. The maximum Gasteiger partial charge on any atom is 0.173 e. The van der Waals surface area contributed by atoms with Gasteiger partial charge in [0, 0.05) is 17.3 Å². The fraction of sp³-hybridized carbons (Fsp3) is 0.417. The number of Topliss-reactive ketones (excluding diaryl/α,β-unsaturated/α-hetero) is 1. The highest BCUT2D eigenvalue weighted by atomic mass is 16.1. The molecule has 1 aromatic carbocycles. The molecule has 1 unspecified atom stereocenters. The molecule has 2 aliphatic rings. The SMILES string of the molecule is CC1Nc2ccccc2C(=O)C12CC2. The lowest BCUT2D eigenvalue weighted by molar-refractivity contribution is 0.0881. The summed E-state index contributed by atoms with van der Waals surface area (Å²) in [7, 11) is 0. The molecule has 72 valence electrons. The minimum atomic E-state index is -0.0612. The van der Waals surface area contributed by atoms with Crippen molar-refractivity contribution in [3.63, 3.8) is 0 Å². The fourth-order valence-electron chi connectivity index (χ4n) is 2.44. The lowest BCUT2D eigenvalue weighted by atomic mass is 9.84. The molecule has 0 aromatic heterocycles. The molecule has 3 rings (SSSR count). The molecule has 1 aliphatic heterocycles. The number of benzene rings is 1. The molecule has 1 N–H and O–H groups in total. The van der Waals surface area contributed by atoms with Gasteiger partial charge in [0.25, 0.3) is 0 Å². The van der Waals surface area contributed by atoms with E-state index in [1.54, 1.807) is 0 Å². The van der Waals surface area contributed by atoms with E-state index in [-0.39, 0.29) is 5.41 Å². The van der Waals surface area contributed by atoms with Crippen molar-refractivity contribution in [2.45, 2.75) is 25.8 Å². The first kappa shape index (κ1) is 8.04. The van der Waals surface area contributed by atoms with Crippen LogP contribution in [0.1, 0.15) is 30.1 Å². The van der Waals surface area contributed by atoms with Crippen molar-refractivity contribution >= 4 is 11.5 Å². The molecule has 1 aromatic rings. The Kier molecular flexibility index (Phi) is 1.37. The van der Waals surface area contributed by atoms with Gasteiger partial charge in [0.1, 0.15) is 0 Å². The van der Waals surface area contributed by atoms with Crippen molar-refractivity contribution in [1.82, 2.24) is 0 Å². The quantitative estimate of drug-likeness (QED) is 0.676. The molecule has 1 saturated carbocycles. The predicted octanol–water partition coefficient (Wildman–Crippen LogP) is 2.46. The van der Waals surface area contributed by atoms with Crippen LogP contribution >= 0.6 is 0 Å². The van der Waals surface area contributed by atoms with Gasteiger partial charge in [-0.3, -0.25) is 4.79 Å². The number of carbonyl (C=O) groups is 1. The van der Waals surface area contributed by atoms with Gasteiger partial charge in [-0.1, -0.05) is 12.1 Å². The molecule has 1 aliphatic carbocycles. The van der Waals surface area contributed by atoms with Crippen LogP contribution < -0.4 is 5.32 Å². The summed E-state index contributed by atoms with van der Waals surface area (Å²) in [5.74, 6) is 0.347. The normalized spacial score (nSPS) is 26.9. The van der Waals surface area contributed by atoms with Crippen LogP contribution in [0.5, 0.6) is 0 Å². The lowest BCUT2D eigenvalue weighted by Crippen LogP contribution is -2.39. The van der Waals surface area contributed by atoms with Gasteiger partial charge in [0.15, 0.2) is 5.78 Å². The standard InChI is InChI=1S/C12H13NO/c1-8-12(6-7-12)11(14)9-4-2-3-5-10(9)13-8/h2-5,8,13H,6-7H2,1H3. The van der Waals surface area contributed by atoms with Crippen molar-refractivity contribution in [2.24, 2.45) is 5.41 Å². The van der Waals surface area contributed by atoms with Gasteiger partial charge < -0.3 is 5.32 Å². The van der Waals surface area contributed by atoms with Crippen LogP contribution in [-0.4, -0.2) is 11.8 Å². The van der Waals surface area contributed by atoms with E-state index >= 15 is 0 Å². The Bertz CT molecular complexity index is 407. The summed E-state index contributed by atoms with van der Waals surface area (Å²) in [6, 6.07) is 8.11. The van der Waals surface area contributed by atoms with Crippen LogP contribution in [-0.2, 0) is 0 Å². The Hall–Kier alpha value is -1.31. The Balaban J connectivity index is 2.15. The molecule has 0 saturated heterocycles. The van der Waals surface area contributed by atoms with Gasteiger partial charge in [-0.15, -0.1) is 0 Å². The zero-order valence-corrected chi connectivity index (χ0v) is 8.21. The van der Waals surface area contributed by atoms with E-state index in [0.29, 0.717) is 11.8 Å². The summed E-state index contributed by atoms with van der Waals surface area (Å²) in [5.41, 5.74) is 1.82. The monoisotopic (exact) mass is 187 g/mol. The second-order valence-electron chi connectivity index (χ2n) is 4.40. The highest BCUT2D eigenvalue weighted by molar-refractivity contribution is 6.08. The van der Waals surface area contributed by atoms with Crippen molar-refractivity contribution in [3.8, 4) is 0 Å². The molecule has 2 nitrogen and oxygen atoms in total. The first-order valence-corrected chi connectivity index (χ1v) is 5.14. The number of hydrogen-bond donors (Lipinski definition) is 1. The number of carbonyl (C=O) groups excluding carboxylic acids is 1. The van der Waals surface area contributed by atoms with E-state index in [9.17, 15) is 4.79 Å². The van der Waals surface area contributed by atoms with E-state index in [1.165, 1.54) is 0 Å². The smallest absolute Gasteiger partial charge is 0.173 e. The van der Waals surface area contributed by atoms with Gasteiger partial charge in [0.05, 0.1) is 5.41 Å². The van der Waals surface area contributed by atoms with Crippen LogP contribution in [0, 0.1) is 5.41 Å². The molecule has 0 radical (unpaired) electrons. The molecule has 2 heteroatoms. The maximum absolute atomic E-state index is 12.2. The molecular weight excluding hydrogens is 174 g/mol. The van der Waals surface area contributed by atoms with Crippen molar-refractivity contribution in [1.29, 1.82) is 0 Å². The molecule has 1 spiro atoms. The Morgan fingerprint density at radius 2 is 2.07 bits per heavy atom. The third kappa shape index (κ3) is 0.834. The van der Waals surface area contributed by atoms with Gasteiger partial charge in [-0.25, -0.2) is 0 Å². The number of hydrogen-bond acceptors (Lipinski definition) is 2. The Labute approximate surface area is 83.3 Å². The first-order chi connectivity index (χ1) is 6.74. The fourth-order valence-corrected chi connectivity index (χ4v) is 2.44. The predicted molar refractivity (Wildman–Crippen MR) is 55.5 cm³/mol. The highest BCUT2D eigenvalue weighted by Gasteiger charge is 2.56. The summed E-state index contributed by atoms with van der Waals surface area (Å²) < 4.78 is 0. The molecule has 0 amide bonds. The number of rotatable bonds is 0. The molecule has 1 atom stereocenters. The van der Waals surface area contributed by atoms with Crippen LogP contribution in [0.15, 0.2) is 24.3 Å². The second kappa shape index (κ2) is 2.38. The number of nitrogens with one attached hydrogen (secondary N) is 1. The van der Waals surface area contributed by atoms with Gasteiger partial charge in [-0.05, 0) is 31.9 Å². The number of ketones is 1. The van der Waals surface area contributed by atoms with Crippen molar-refractivity contribution in [3.05, 3.63) is 29.8 Å². The minimum Gasteiger partial charge on any atom is -0.381 e. The largest absolute Gasteiger partial charge is 0.381 e.